The Balaban J connectivity index is 1.51. The molecule has 4 N–H and O–H groups in total. The first-order valence-electron chi connectivity index (χ1n) is 12.2. The number of imidazole rings is 1. The van der Waals surface area contributed by atoms with E-state index in [1.165, 1.54) is 12.1 Å². The van der Waals surface area contributed by atoms with Crippen LogP contribution < -0.4 is 16.4 Å². The van der Waals surface area contributed by atoms with Gasteiger partial charge in [-0.2, -0.15) is 4.98 Å². The number of benzene rings is 1. The Bertz CT molecular complexity index is 1230. The van der Waals surface area contributed by atoms with Crippen LogP contribution in [0.2, 0.25) is 10.0 Å². The molecule has 192 valence electrons. The number of nitrogens with two attached hydrogens (primary N) is 1. The molecule has 12 heteroatoms. The number of hydrogen-bond acceptors (Lipinski definition) is 7. The first kappa shape index (κ1) is 25.0. The number of primary amides is 1. The fraction of sp³-hybridized carbons (Fsp3) is 0.500. The van der Waals surface area contributed by atoms with Crippen molar-refractivity contribution in [3.63, 3.8) is 0 Å². The number of anilines is 3. The molecule has 1 saturated carbocycles. The maximum absolute atomic E-state index is 14.8. The summed E-state index contributed by atoms with van der Waals surface area (Å²) in [5.74, 6) is -0.125. The number of hydrogen-bond donors (Lipinski definition) is 3. The van der Waals surface area contributed by atoms with Crippen LogP contribution in [0, 0.1) is 11.7 Å². The number of halogens is 3. The summed E-state index contributed by atoms with van der Waals surface area (Å²) in [6, 6.07) is 2.86. The number of fused-ring (bicyclic) bond motifs is 1. The molecule has 1 aliphatic heterocycles. The highest BCUT2D eigenvalue weighted by molar-refractivity contribution is 6.36. The predicted octanol–water partition coefficient (Wildman–Crippen LogP) is 5.21. The summed E-state index contributed by atoms with van der Waals surface area (Å²) in [4.78, 5) is 25.7. The highest BCUT2D eigenvalue weighted by atomic mass is 35.5. The molecule has 1 atom stereocenters. The molecular weight excluding hydrogens is 508 g/mol. The standard InChI is InChI=1S/C24H28Cl2FN7O2/c25-14-10-17(26)20(18(27)11-14)32-24-31-19-12-29-23(30-15-2-1-8-36-9-7-15)33-22(19)34(24)16-5-3-13(4-6-16)21(28)35/h10-13,15-16H,1-9H2,(H2,28,35)(H,31,32)(H,29,30,33)/t13-,15?,16-. The molecule has 1 amide bonds. The lowest BCUT2D eigenvalue weighted by Gasteiger charge is -2.29. The molecule has 5 rings (SSSR count). The van der Waals surface area contributed by atoms with Gasteiger partial charge in [0.05, 0.1) is 16.9 Å². The number of amides is 1. The number of rotatable bonds is 6. The summed E-state index contributed by atoms with van der Waals surface area (Å²) in [7, 11) is 0. The normalized spacial score (nSPS) is 22.8. The average molecular weight is 536 g/mol. The van der Waals surface area contributed by atoms with E-state index >= 15 is 0 Å². The molecule has 1 saturated heterocycles. The van der Waals surface area contributed by atoms with Crippen LogP contribution in [0.5, 0.6) is 0 Å². The monoisotopic (exact) mass is 535 g/mol. The van der Waals surface area contributed by atoms with E-state index in [2.05, 4.69) is 20.6 Å². The molecule has 0 spiro atoms. The molecule has 36 heavy (non-hydrogen) atoms. The first-order valence-corrected chi connectivity index (χ1v) is 12.9. The number of ether oxygens (including phenoxy) is 1. The molecule has 2 aliphatic rings. The van der Waals surface area contributed by atoms with E-state index in [0.29, 0.717) is 55.4 Å². The van der Waals surface area contributed by atoms with Crippen molar-refractivity contribution in [2.24, 2.45) is 11.7 Å². The van der Waals surface area contributed by atoms with Crippen LogP contribution in [-0.2, 0) is 9.53 Å². The van der Waals surface area contributed by atoms with Crippen molar-refractivity contribution in [1.82, 2.24) is 19.5 Å². The van der Waals surface area contributed by atoms with Gasteiger partial charge in [-0.15, -0.1) is 0 Å². The maximum atomic E-state index is 14.8. The van der Waals surface area contributed by atoms with Gasteiger partial charge in [0, 0.05) is 36.2 Å². The summed E-state index contributed by atoms with van der Waals surface area (Å²) in [5, 5.41) is 6.82. The Labute approximate surface area is 217 Å². The molecule has 9 nitrogen and oxygen atoms in total. The number of nitrogens with one attached hydrogen (secondary N) is 2. The summed E-state index contributed by atoms with van der Waals surface area (Å²) in [6.45, 7) is 1.46. The predicted molar refractivity (Wildman–Crippen MR) is 137 cm³/mol. The first-order chi connectivity index (χ1) is 17.4. The van der Waals surface area contributed by atoms with Crippen LogP contribution in [0.4, 0.5) is 22.0 Å². The smallest absolute Gasteiger partial charge is 0.224 e. The van der Waals surface area contributed by atoms with E-state index in [1.807, 2.05) is 4.57 Å². The third kappa shape index (κ3) is 5.35. The van der Waals surface area contributed by atoms with Gasteiger partial charge in [0.25, 0.3) is 0 Å². The lowest BCUT2D eigenvalue weighted by atomic mass is 9.85. The Morgan fingerprint density at radius 1 is 1.11 bits per heavy atom. The Morgan fingerprint density at radius 3 is 2.67 bits per heavy atom. The highest BCUT2D eigenvalue weighted by Gasteiger charge is 2.29. The quantitative estimate of drug-likeness (QED) is 0.396. The highest BCUT2D eigenvalue weighted by Crippen LogP contribution is 2.38. The SMILES string of the molecule is NC(=O)[C@H]1CC[C@H](n2c(Nc3c(F)cc(Cl)cc3Cl)nc3cnc(NC4CCCOCC4)nc32)CC1. The molecule has 1 aromatic carbocycles. The van der Waals surface area contributed by atoms with E-state index < -0.39 is 5.82 Å². The van der Waals surface area contributed by atoms with Crippen LogP contribution in [0.15, 0.2) is 18.3 Å². The molecule has 2 aromatic heterocycles. The Morgan fingerprint density at radius 2 is 1.92 bits per heavy atom. The van der Waals surface area contributed by atoms with Gasteiger partial charge >= 0.3 is 0 Å². The minimum atomic E-state index is -0.590. The zero-order valence-electron chi connectivity index (χ0n) is 19.6. The summed E-state index contributed by atoms with van der Waals surface area (Å²) >= 11 is 12.2. The summed E-state index contributed by atoms with van der Waals surface area (Å²) in [5.41, 5.74) is 6.80. The molecule has 3 aromatic rings. The van der Waals surface area contributed by atoms with Crippen LogP contribution in [0.3, 0.4) is 0 Å². The van der Waals surface area contributed by atoms with Crippen molar-refractivity contribution in [2.45, 2.75) is 57.0 Å². The molecule has 0 bridgehead atoms. The van der Waals surface area contributed by atoms with Gasteiger partial charge in [-0.3, -0.25) is 9.36 Å². The van der Waals surface area contributed by atoms with Gasteiger partial charge in [0.2, 0.25) is 17.8 Å². The third-order valence-electron chi connectivity index (χ3n) is 6.93. The van der Waals surface area contributed by atoms with Gasteiger partial charge in [-0.05, 0) is 57.1 Å². The van der Waals surface area contributed by atoms with Crippen molar-refractivity contribution in [2.75, 3.05) is 23.8 Å². The molecule has 0 radical (unpaired) electrons. The van der Waals surface area contributed by atoms with Crippen LogP contribution in [0.1, 0.15) is 51.0 Å². The average Bonchev–Trinajstić information content (AvgIpc) is 2.99. The molecule has 2 fully saturated rings. The molecule has 1 unspecified atom stereocenters. The van der Waals surface area contributed by atoms with Crippen molar-refractivity contribution in [1.29, 1.82) is 0 Å². The second-order valence-corrected chi connectivity index (χ2v) is 10.2. The van der Waals surface area contributed by atoms with Crippen LogP contribution in [0.25, 0.3) is 11.2 Å². The number of nitrogens with zero attached hydrogens (tertiary/aromatic N) is 4. The van der Waals surface area contributed by atoms with Crippen LogP contribution >= 0.6 is 23.2 Å². The van der Waals surface area contributed by atoms with Crippen molar-refractivity contribution in [3.05, 3.63) is 34.2 Å². The minimum Gasteiger partial charge on any atom is -0.381 e. The fourth-order valence-corrected chi connectivity index (χ4v) is 5.53. The second kappa shape index (κ2) is 10.7. The Hall–Kier alpha value is -2.69. The fourth-order valence-electron chi connectivity index (χ4n) is 5.02. The van der Waals surface area contributed by atoms with Gasteiger partial charge in [0.15, 0.2) is 5.65 Å². The second-order valence-electron chi connectivity index (χ2n) is 9.37. The largest absolute Gasteiger partial charge is 0.381 e. The van der Waals surface area contributed by atoms with Gasteiger partial charge < -0.3 is 21.1 Å². The van der Waals surface area contributed by atoms with Crippen LogP contribution in [-0.4, -0.2) is 44.7 Å². The van der Waals surface area contributed by atoms with E-state index in [9.17, 15) is 9.18 Å². The number of aromatic nitrogens is 4. The Kier molecular flexibility index (Phi) is 7.45. The van der Waals surface area contributed by atoms with Crippen molar-refractivity contribution in [3.8, 4) is 0 Å². The third-order valence-corrected chi connectivity index (χ3v) is 7.44. The van der Waals surface area contributed by atoms with Gasteiger partial charge in [0.1, 0.15) is 11.3 Å². The summed E-state index contributed by atoms with van der Waals surface area (Å²) in [6.07, 6.45) is 7.21. The van der Waals surface area contributed by atoms with E-state index in [4.69, 9.17) is 38.7 Å². The lowest BCUT2D eigenvalue weighted by molar-refractivity contribution is -0.122. The van der Waals surface area contributed by atoms with E-state index in [1.54, 1.807) is 6.20 Å². The minimum absolute atomic E-state index is 0.0173. The topological polar surface area (TPSA) is 120 Å². The summed E-state index contributed by atoms with van der Waals surface area (Å²) < 4.78 is 22.3. The zero-order valence-corrected chi connectivity index (χ0v) is 21.2. The van der Waals surface area contributed by atoms with Gasteiger partial charge in [-0.1, -0.05) is 23.2 Å². The molecule has 3 heterocycles. The van der Waals surface area contributed by atoms with Gasteiger partial charge in [-0.25, -0.2) is 14.4 Å². The lowest BCUT2D eigenvalue weighted by Crippen LogP contribution is -2.29. The zero-order chi connectivity index (χ0) is 25.2. The van der Waals surface area contributed by atoms with Crippen molar-refractivity contribution < 1.29 is 13.9 Å². The maximum Gasteiger partial charge on any atom is 0.224 e. The van der Waals surface area contributed by atoms with E-state index in [-0.39, 0.29) is 39.6 Å². The van der Waals surface area contributed by atoms with E-state index in [0.717, 1.165) is 25.9 Å². The van der Waals surface area contributed by atoms with Crippen molar-refractivity contribution >= 4 is 57.9 Å². The number of carbonyl (C=O) groups excluding carboxylic acids is 1. The molecular formula is C24H28Cl2FN7O2. The number of carbonyl (C=O) groups is 1. The molecule has 1 aliphatic carbocycles.